The minimum Gasteiger partial charge on any atom is -0.318 e. The van der Waals surface area contributed by atoms with E-state index in [4.69, 9.17) is 0 Å². The molecule has 4 heteroatoms. The van der Waals surface area contributed by atoms with Crippen LogP contribution in [0.3, 0.4) is 0 Å². The lowest BCUT2D eigenvalue weighted by molar-refractivity contribution is -0.118. The van der Waals surface area contributed by atoms with Gasteiger partial charge in [-0.15, -0.1) is 11.3 Å². The fourth-order valence-corrected chi connectivity index (χ4v) is 5.06. The monoisotopic (exact) mass is 314 g/mol. The summed E-state index contributed by atoms with van der Waals surface area (Å²) >= 11 is 1.69. The van der Waals surface area contributed by atoms with Crippen molar-refractivity contribution in [2.45, 2.75) is 26.2 Å². The van der Waals surface area contributed by atoms with Crippen LogP contribution in [0, 0.1) is 18.8 Å². The van der Waals surface area contributed by atoms with Crippen molar-refractivity contribution in [2.24, 2.45) is 11.8 Å². The Morgan fingerprint density at radius 2 is 2.18 bits per heavy atom. The highest BCUT2D eigenvalue weighted by molar-refractivity contribution is 7.23. The van der Waals surface area contributed by atoms with Crippen LogP contribution in [0.4, 0.5) is 5.00 Å². The van der Waals surface area contributed by atoms with Crippen LogP contribution >= 0.6 is 11.3 Å². The summed E-state index contributed by atoms with van der Waals surface area (Å²) in [4.78, 5) is 14.9. The Hall–Kier alpha value is -1.39. The maximum Gasteiger partial charge on any atom is 0.225 e. The Balaban J connectivity index is 1.44. The van der Waals surface area contributed by atoms with Gasteiger partial charge in [0.25, 0.3) is 0 Å². The van der Waals surface area contributed by atoms with E-state index in [1.54, 1.807) is 11.3 Å². The minimum absolute atomic E-state index is 0.183. The van der Waals surface area contributed by atoms with Crippen LogP contribution in [0.5, 0.6) is 0 Å². The van der Waals surface area contributed by atoms with Crippen LogP contribution in [-0.2, 0) is 4.79 Å². The van der Waals surface area contributed by atoms with Crippen molar-refractivity contribution in [3.05, 3.63) is 29.8 Å². The van der Waals surface area contributed by atoms with Gasteiger partial charge < -0.3 is 10.2 Å². The molecule has 1 unspecified atom stereocenters. The Morgan fingerprint density at radius 1 is 1.36 bits per heavy atom. The van der Waals surface area contributed by atoms with Gasteiger partial charge in [-0.25, -0.2) is 0 Å². The Labute approximate surface area is 135 Å². The number of carbonyl (C=O) groups is 1. The SMILES string of the molecule is Cc1cccc2cc(NC(=O)CC3CN4CCC3CC4)sc12. The molecule has 1 amide bonds. The van der Waals surface area contributed by atoms with Crippen LogP contribution < -0.4 is 5.32 Å². The van der Waals surface area contributed by atoms with Crippen molar-refractivity contribution in [2.75, 3.05) is 25.0 Å². The second-order valence-electron chi connectivity index (χ2n) is 6.75. The van der Waals surface area contributed by atoms with Crippen molar-refractivity contribution in [3.8, 4) is 0 Å². The molecular formula is C18H22N2OS. The number of rotatable bonds is 3. The number of nitrogens with one attached hydrogen (secondary N) is 1. The van der Waals surface area contributed by atoms with Gasteiger partial charge in [0.15, 0.2) is 0 Å². The van der Waals surface area contributed by atoms with Crippen LogP contribution in [0.1, 0.15) is 24.8 Å². The van der Waals surface area contributed by atoms with Crippen molar-refractivity contribution in [3.63, 3.8) is 0 Å². The maximum absolute atomic E-state index is 12.4. The van der Waals surface area contributed by atoms with Crippen molar-refractivity contribution in [1.29, 1.82) is 0 Å². The summed E-state index contributed by atoms with van der Waals surface area (Å²) < 4.78 is 1.28. The zero-order valence-corrected chi connectivity index (χ0v) is 13.8. The summed E-state index contributed by atoms with van der Waals surface area (Å²) in [6.45, 7) is 5.71. The first-order chi connectivity index (χ1) is 10.7. The van der Waals surface area contributed by atoms with Gasteiger partial charge in [-0.05, 0) is 61.7 Å². The average molecular weight is 314 g/mol. The molecule has 3 saturated heterocycles. The molecule has 3 aliphatic rings. The summed E-state index contributed by atoms with van der Waals surface area (Å²) in [6.07, 6.45) is 3.23. The molecule has 2 aromatic rings. The summed E-state index contributed by atoms with van der Waals surface area (Å²) in [5.74, 6) is 1.50. The molecule has 0 radical (unpaired) electrons. The van der Waals surface area contributed by atoms with E-state index in [1.807, 2.05) is 0 Å². The number of anilines is 1. The summed E-state index contributed by atoms with van der Waals surface area (Å²) in [5, 5.41) is 5.33. The number of benzene rings is 1. The first-order valence-corrected chi connectivity index (χ1v) is 9.02. The Kier molecular flexibility index (Phi) is 3.66. The molecule has 1 aromatic heterocycles. The van der Waals surface area contributed by atoms with E-state index >= 15 is 0 Å². The fourth-order valence-electron chi connectivity index (χ4n) is 4.02. The number of hydrogen-bond donors (Lipinski definition) is 1. The minimum atomic E-state index is 0.183. The first kappa shape index (κ1) is 14.2. The Bertz CT molecular complexity index is 700. The first-order valence-electron chi connectivity index (χ1n) is 8.20. The second kappa shape index (κ2) is 5.67. The van der Waals surface area contributed by atoms with E-state index in [0.717, 1.165) is 17.5 Å². The number of aryl methyl sites for hydroxylation is 1. The second-order valence-corrected chi connectivity index (χ2v) is 7.81. The molecule has 116 valence electrons. The number of piperidine rings is 3. The molecule has 0 saturated carbocycles. The number of carbonyl (C=O) groups excluding carboxylic acids is 1. The standard InChI is InChI=1S/C18H22N2OS/c1-12-3-2-4-14-10-17(22-18(12)14)19-16(21)9-15-11-20-7-5-13(15)6-8-20/h2-4,10,13,15H,5-9,11H2,1H3,(H,19,21). The normalized spacial score (nSPS) is 27.2. The summed E-state index contributed by atoms with van der Waals surface area (Å²) in [5.41, 5.74) is 1.28. The van der Waals surface area contributed by atoms with Gasteiger partial charge in [0, 0.05) is 17.7 Å². The van der Waals surface area contributed by atoms with Crippen molar-refractivity contribution in [1.82, 2.24) is 4.90 Å². The van der Waals surface area contributed by atoms with E-state index < -0.39 is 0 Å². The maximum atomic E-state index is 12.4. The summed E-state index contributed by atoms with van der Waals surface area (Å²) in [7, 11) is 0. The highest BCUT2D eigenvalue weighted by Gasteiger charge is 2.35. The van der Waals surface area contributed by atoms with Crippen LogP contribution in [0.25, 0.3) is 10.1 Å². The molecule has 0 aliphatic carbocycles. The van der Waals surface area contributed by atoms with E-state index in [-0.39, 0.29) is 5.91 Å². The fraction of sp³-hybridized carbons (Fsp3) is 0.500. The molecule has 0 spiro atoms. The van der Waals surface area contributed by atoms with Crippen molar-refractivity contribution < 1.29 is 4.79 Å². The molecular weight excluding hydrogens is 292 g/mol. The topological polar surface area (TPSA) is 32.3 Å². The zero-order chi connectivity index (χ0) is 15.1. The molecule has 4 heterocycles. The van der Waals surface area contributed by atoms with Crippen molar-refractivity contribution >= 4 is 32.3 Å². The predicted octanol–water partition coefficient (Wildman–Crippen LogP) is 3.88. The Morgan fingerprint density at radius 3 is 2.86 bits per heavy atom. The molecule has 5 rings (SSSR count). The molecule has 3 nitrogen and oxygen atoms in total. The number of amides is 1. The third-order valence-corrected chi connectivity index (χ3v) is 6.44. The largest absolute Gasteiger partial charge is 0.318 e. The third kappa shape index (κ3) is 2.66. The lowest BCUT2D eigenvalue weighted by atomic mass is 9.77. The lowest BCUT2D eigenvalue weighted by Crippen LogP contribution is -2.48. The number of hydrogen-bond acceptors (Lipinski definition) is 3. The number of thiophene rings is 1. The van der Waals surface area contributed by atoms with Crippen LogP contribution in [0.2, 0.25) is 0 Å². The predicted molar refractivity (Wildman–Crippen MR) is 92.5 cm³/mol. The highest BCUT2D eigenvalue weighted by Crippen LogP contribution is 2.35. The zero-order valence-electron chi connectivity index (χ0n) is 13.0. The molecule has 2 bridgehead atoms. The molecule has 1 aromatic carbocycles. The van der Waals surface area contributed by atoms with Gasteiger partial charge >= 0.3 is 0 Å². The van der Waals surface area contributed by atoms with Gasteiger partial charge in [-0.1, -0.05) is 18.2 Å². The van der Waals surface area contributed by atoms with E-state index in [1.165, 1.54) is 41.6 Å². The van der Waals surface area contributed by atoms with Gasteiger partial charge in [-0.2, -0.15) is 0 Å². The van der Waals surface area contributed by atoms with E-state index in [2.05, 4.69) is 41.4 Å². The van der Waals surface area contributed by atoms with Crippen LogP contribution in [0.15, 0.2) is 24.3 Å². The number of nitrogens with zero attached hydrogens (tertiary/aromatic N) is 1. The van der Waals surface area contributed by atoms with E-state index in [9.17, 15) is 4.79 Å². The molecule has 3 fully saturated rings. The van der Waals surface area contributed by atoms with Gasteiger partial charge in [0.1, 0.15) is 0 Å². The molecule has 1 N–H and O–H groups in total. The smallest absolute Gasteiger partial charge is 0.225 e. The lowest BCUT2D eigenvalue weighted by Gasteiger charge is -2.44. The van der Waals surface area contributed by atoms with Gasteiger partial charge in [0.05, 0.1) is 5.00 Å². The quantitative estimate of drug-likeness (QED) is 0.932. The molecule has 1 atom stereocenters. The van der Waals surface area contributed by atoms with E-state index in [0.29, 0.717) is 12.3 Å². The van der Waals surface area contributed by atoms with Gasteiger partial charge in [0.2, 0.25) is 5.91 Å². The third-order valence-electron chi connectivity index (χ3n) is 5.24. The highest BCUT2D eigenvalue weighted by atomic mass is 32.1. The summed E-state index contributed by atoms with van der Waals surface area (Å²) in [6, 6.07) is 8.41. The molecule has 3 aliphatic heterocycles. The average Bonchev–Trinajstić information content (AvgIpc) is 2.92. The molecule has 22 heavy (non-hydrogen) atoms. The number of fused-ring (bicyclic) bond motifs is 4. The van der Waals surface area contributed by atoms with Crippen LogP contribution in [-0.4, -0.2) is 30.4 Å². The van der Waals surface area contributed by atoms with Gasteiger partial charge in [-0.3, -0.25) is 4.79 Å².